The Bertz CT molecular complexity index is 475. The summed E-state index contributed by atoms with van der Waals surface area (Å²) in [6.07, 6.45) is 0. The van der Waals surface area contributed by atoms with Crippen molar-refractivity contribution >= 4 is 17.1 Å². The molecule has 0 aliphatic heterocycles. The van der Waals surface area contributed by atoms with Crippen LogP contribution in [0.5, 0.6) is 0 Å². The van der Waals surface area contributed by atoms with Gasteiger partial charge < -0.3 is 5.32 Å². The number of hydrogen-bond donors (Lipinski definition) is 1. The van der Waals surface area contributed by atoms with Crippen LogP contribution < -0.4 is 5.32 Å². The molecular formula is C14H15N3. The zero-order valence-electron chi connectivity index (χ0n) is 9.80. The van der Waals surface area contributed by atoms with Crippen LogP contribution in [0.3, 0.4) is 0 Å². The van der Waals surface area contributed by atoms with Crippen LogP contribution in [0.15, 0.2) is 64.8 Å². The van der Waals surface area contributed by atoms with E-state index < -0.39 is 0 Å². The number of nitrogens with one attached hydrogen (secondary N) is 1. The van der Waals surface area contributed by atoms with Crippen molar-refractivity contribution in [1.29, 1.82) is 0 Å². The molecule has 0 unspecified atom stereocenters. The lowest BCUT2D eigenvalue weighted by molar-refractivity contribution is 1.20. The fourth-order valence-electron chi connectivity index (χ4n) is 1.46. The summed E-state index contributed by atoms with van der Waals surface area (Å²) in [5.74, 6) is 0. The fraction of sp³-hybridized carbons (Fsp3) is 0.143. The molecule has 0 fully saturated rings. The summed E-state index contributed by atoms with van der Waals surface area (Å²) < 4.78 is 0. The highest BCUT2D eigenvalue weighted by atomic mass is 15.1. The third-order valence-corrected chi connectivity index (χ3v) is 2.29. The van der Waals surface area contributed by atoms with Gasteiger partial charge in [0.2, 0.25) is 0 Å². The third kappa shape index (κ3) is 3.41. The van der Waals surface area contributed by atoms with Crippen molar-refractivity contribution in [3.05, 3.63) is 54.6 Å². The van der Waals surface area contributed by atoms with Gasteiger partial charge in [0, 0.05) is 12.2 Å². The maximum atomic E-state index is 4.17. The molecule has 3 heteroatoms. The van der Waals surface area contributed by atoms with Gasteiger partial charge in [-0.05, 0) is 43.3 Å². The molecule has 0 aromatic heterocycles. The highest BCUT2D eigenvalue weighted by molar-refractivity contribution is 5.50. The first-order valence-electron chi connectivity index (χ1n) is 5.69. The largest absolute Gasteiger partial charge is 0.385 e. The molecule has 0 atom stereocenters. The predicted molar refractivity (Wildman–Crippen MR) is 71.2 cm³/mol. The number of nitrogens with zero attached hydrogens (tertiary/aromatic N) is 2. The van der Waals surface area contributed by atoms with Crippen LogP contribution in [0.25, 0.3) is 0 Å². The van der Waals surface area contributed by atoms with Gasteiger partial charge >= 0.3 is 0 Å². The molecule has 17 heavy (non-hydrogen) atoms. The number of anilines is 1. The molecule has 3 nitrogen and oxygen atoms in total. The maximum absolute atomic E-state index is 4.17. The Balaban J connectivity index is 2.06. The second-order valence-corrected chi connectivity index (χ2v) is 3.61. The summed E-state index contributed by atoms with van der Waals surface area (Å²) in [5, 5.41) is 11.6. The van der Waals surface area contributed by atoms with Crippen molar-refractivity contribution in [2.75, 3.05) is 11.9 Å². The van der Waals surface area contributed by atoms with Gasteiger partial charge in [-0.2, -0.15) is 10.2 Å². The van der Waals surface area contributed by atoms with Crippen LogP contribution in [0.1, 0.15) is 6.92 Å². The van der Waals surface area contributed by atoms with Crippen molar-refractivity contribution in [2.24, 2.45) is 10.2 Å². The Morgan fingerprint density at radius 3 is 2.00 bits per heavy atom. The first-order chi connectivity index (χ1) is 8.38. The van der Waals surface area contributed by atoms with Crippen LogP contribution >= 0.6 is 0 Å². The standard InChI is InChI=1S/C14H15N3/c1-2-15-12-8-10-14(11-9-12)17-16-13-6-4-3-5-7-13/h3-11,15H,2H2,1H3. The average Bonchev–Trinajstić information content (AvgIpc) is 2.40. The van der Waals surface area contributed by atoms with Crippen molar-refractivity contribution in [3.63, 3.8) is 0 Å². The average molecular weight is 225 g/mol. The Morgan fingerprint density at radius 1 is 0.824 bits per heavy atom. The zero-order chi connectivity index (χ0) is 11.9. The minimum absolute atomic E-state index is 0.857. The fourth-order valence-corrected chi connectivity index (χ4v) is 1.46. The van der Waals surface area contributed by atoms with Gasteiger partial charge in [-0.1, -0.05) is 18.2 Å². The van der Waals surface area contributed by atoms with E-state index in [0.29, 0.717) is 0 Å². The van der Waals surface area contributed by atoms with Crippen molar-refractivity contribution < 1.29 is 0 Å². The lowest BCUT2D eigenvalue weighted by atomic mass is 10.3. The second-order valence-electron chi connectivity index (χ2n) is 3.61. The van der Waals surface area contributed by atoms with Crippen LogP contribution in [-0.4, -0.2) is 6.54 Å². The number of rotatable bonds is 4. The summed E-state index contributed by atoms with van der Waals surface area (Å²) in [5.41, 5.74) is 2.82. The predicted octanol–water partition coefficient (Wildman–Crippen LogP) is 4.53. The monoisotopic (exact) mass is 225 g/mol. The highest BCUT2D eigenvalue weighted by Crippen LogP contribution is 2.19. The van der Waals surface area contributed by atoms with E-state index in [0.717, 1.165) is 23.6 Å². The summed E-state index contributed by atoms with van der Waals surface area (Å²) >= 11 is 0. The zero-order valence-corrected chi connectivity index (χ0v) is 9.80. The molecule has 86 valence electrons. The van der Waals surface area contributed by atoms with E-state index in [1.54, 1.807) is 0 Å². The molecule has 0 saturated heterocycles. The van der Waals surface area contributed by atoms with Crippen LogP contribution in [-0.2, 0) is 0 Å². The topological polar surface area (TPSA) is 36.8 Å². The summed E-state index contributed by atoms with van der Waals surface area (Å²) in [7, 11) is 0. The molecular weight excluding hydrogens is 210 g/mol. The quantitative estimate of drug-likeness (QED) is 0.762. The molecule has 0 radical (unpaired) electrons. The number of hydrogen-bond acceptors (Lipinski definition) is 3. The SMILES string of the molecule is CCNc1ccc(N=Nc2ccccc2)cc1. The number of benzene rings is 2. The molecule has 0 spiro atoms. The van der Waals surface area contributed by atoms with Gasteiger partial charge in [-0.15, -0.1) is 0 Å². The maximum Gasteiger partial charge on any atom is 0.0858 e. The number of azo groups is 1. The first kappa shape index (κ1) is 11.3. The van der Waals surface area contributed by atoms with Crippen LogP contribution in [0.4, 0.5) is 17.1 Å². The minimum atomic E-state index is 0.857. The van der Waals surface area contributed by atoms with Gasteiger partial charge in [-0.25, -0.2) is 0 Å². The Kier molecular flexibility index (Phi) is 3.86. The van der Waals surface area contributed by atoms with Gasteiger partial charge in [0.15, 0.2) is 0 Å². The molecule has 0 saturated carbocycles. The molecule has 2 aromatic carbocycles. The molecule has 2 aromatic rings. The summed E-state index contributed by atoms with van der Waals surface area (Å²) in [6, 6.07) is 17.6. The van der Waals surface area contributed by atoms with Crippen molar-refractivity contribution in [3.8, 4) is 0 Å². The minimum Gasteiger partial charge on any atom is -0.385 e. The van der Waals surface area contributed by atoms with E-state index in [-0.39, 0.29) is 0 Å². The van der Waals surface area contributed by atoms with E-state index in [9.17, 15) is 0 Å². The summed E-state index contributed by atoms with van der Waals surface area (Å²) in [4.78, 5) is 0. The molecule has 0 bridgehead atoms. The lowest BCUT2D eigenvalue weighted by Crippen LogP contribution is -1.94. The van der Waals surface area contributed by atoms with Crippen molar-refractivity contribution in [1.82, 2.24) is 0 Å². The van der Waals surface area contributed by atoms with E-state index in [1.165, 1.54) is 0 Å². The molecule has 0 aliphatic carbocycles. The molecule has 2 rings (SSSR count). The van der Waals surface area contributed by atoms with Gasteiger partial charge in [0.25, 0.3) is 0 Å². The molecule has 0 aliphatic rings. The Labute approximate surface area is 101 Å². The van der Waals surface area contributed by atoms with Gasteiger partial charge in [0.1, 0.15) is 0 Å². The highest BCUT2D eigenvalue weighted by Gasteiger charge is 1.91. The van der Waals surface area contributed by atoms with Crippen molar-refractivity contribution in [2.45, 2.75) is 6.92 Å². The van der Waals surface area contributed by atoms with Gasteiger partial charge in [-0.3, -0.25) is 0 Å². The molecule has 0 amide bonds. The van der Waals surface area contributed by atoms with Crippen LogP contribution in [0, 0.1) is 0 Å². The lowest BCUT2D eigenvalue weighted by Gasteiger charge is -2.01. The smallest absolute Gasteiger partial charge is 0.0858 e. The summed E-state index contributed by atoms with van der Waals surface area (Å²) in [6.45, 7) is 2.99. The van der Waals surface area contributed by atoms with E-state index in [1.807, 2.05) is 54.6 Å². The van der Waals surface area contributed by atoms with E-state index in [4.69, 9.17) is 0 Å². The van der Waals surface area contributed by atoms with E-state index >= 15 is 0 Å². The third-order valence-electron chi connectivity index (χ3n) is 2.29. The first-order valence-corrected chi connectivity index (χ1v) is 5.69. The molecule has 0 heterocycles. The second kappa shape index (κ2) is 5.80. The normalized spacial score (nSPS) is 10.6. The van der Waals surface area contributed by atoms with E-state index in [2.05, 4.69) is 22.5 Å². The Morgan fingerprint density at radius 2 is 1.41 bits per heavy atom. The molecule has 1 N–H and O–H groups in total. The Hall–Kier alpha value is -2.16. The van der Waals surface area contributed by atoms with Crippen LogP contribution in [0.2, 0.25) is 0 Å². The van der Waals surface area contributed by atoms with Gasteiger partial charge in [0.05, 0.1) is 11.4 Å².